The average Bonchev–Trinajstić information content (AvgIpc) is 3.02. The van der Waals surface area contributed by atoms with Crippen LogP contribution in [0.25, 0.3) is 0 Å². The van der Waals surface area contributed by atoms with Crippen molar-refractivity contribution in [3.05, 3.63) is 88.6 Å². The first kappa shape index (κ1) is 19.1. The fourth-order valence-electron chi connectivity index (χ4n) is 4.02. The van der Waals surface area contributed by atoms with Gasteiger partial charge in [-0.1, -0.05) is 50.2 Å². The third kappa shape index (κ3) is 3.73. The predicted octanol–water partition coefficient (Wildman–Crippen LogP) is 4.66. The molecule has 1 atom stereocenters. The zero-order chi connectivity index (χ0) is 20.6. The van der Waals surface area contributed by atoms with Crippen LogP contribution in [0.1, 0.15) is 69.8 Å². The third-order valence-corrected chi connectivity index (χ3v) is 5.37. The van der Waals surface area contributed by atoms with Crippen molar-refractivity contribution in [2.24, 2.45) is 5.41 Å². The highest BCUT2D eigenvalue weighted by molar-refractivity contribution is 6.03. The highest BCUT2D eigenvalue weighted by Gasteiger charge is 2.37. The van der Waals surface area contributed by atoms with Crippen LogP contribution in [0.2, 0.25) is 0 Å². The van der Waals surface area contributed by atoms with Gasteiger partial charge in [0, 0.05) is 24.6 Å². The Balaban J connectivity index is 1.69. The van der Waals surface area contributed by atoms with E-state index in [0.29, 0.717) is 29.7 Å². The van der Waals surface area contributed by atoms with Crippen molar-refractivity contribution in [3.8, 4) is 0 Å². The second-order valence-corrected chi connectivity index (χ2v) is 8.37. The minimum Gasteiger partial charge on any atom is -0.455 e. The molecular formula is C24H24N2O3. The number of rotatable bonds is 4. The fourth-order valence-corrected chi connectivity index (χ4v) is 4.02. The molecule has 0 fully saturated rings. The summed E-state index contributed by atoms with van der Waals surface area (Å²) in [7, 11) is 0. The van der Waals surface area contributed by atoms with Gasteiger partial charge in [-0.15, -0.1) is 0 Å². The maximum absolute atomic E-state index is 13.2. The quantitative estimate of drug-likeness (QED) is 0.706. The SMILES string of the molecule is Cc1c(C(=O)NC(c2ccccc2)c2ccccn2)oc2c1C(=O)CC(C)(C)C2. The molecule has 1 aliphatic rings. The second kappa shape index (κ2) is 7.32. The van der Waals surface area contributed by atoms with E-state index in [1.54, 1.807) is 13.1 Å². The number of aromatic nitrogens is 1. The van der Waals surface area contributed by atoms with Crippen LogP contribution in [0.15, 0.2) is 59.1 Å². The highest BCUT2D eigenvalue weighted by atomic mass is 16.4. The van der Waals surface area contributed by atoms with Crippen molar-refractivity contribution in [2.75, 3.05) is 0 Å². The molecule has 5 nitrogen and oxygen atoms in total. The van der Waals surface area contributed by atoms with Crippen LogP contribution in [-0.2, 0) is 6.42 Å². The minimum atomic E-state index is -0.418. The summed E-state index contributed by atoms with van der Waals surface area (Å²) in [6.07, 6.45) is 2.81. The molecule has 148 valence electrons. The number of benzene rings is 1. The van der Waals surface area contributed by atoms with E-state index in [2.05, 4.69) is 10.3 Å². The number of nitrogens with zero attached hydrogens (tertiary/aromatic N) is 1. The van der Waals surface area contributed by atoms with Crippen LogP contribution in [0.5, 0.6) is 0 Å². The smallest absolute Gasteiger partial charge is 0.288 e. The Morgan fingerprint density at radius 1 is 1.10 bits per heavy atom. The molecule has 1 aromatic carbocycles. The summed E-state index contributed by atoms with van der Waals surface area (Å²) < 4.78 is 5.92. The van der Waals surface area contributed by atoms with E-state index < -0.39 is 6.04 Å². The normalized spacial score (nSPS) is 16.2. The third-order valence-electron chi connectivity index (χ3n) is 5.37. The Labute approximate surface area is 170 Å². The highest BCUT2D eigenvalue weighted by Crippen LogP contribution is 2.38. The first-order valence-electron chi connectivity index (χ1n) is 9.78. The van der Waals surface area contributed by atoms with E-state index in [0.717, 1.165) is 11.3 Å². The van der Waals surface area contributed by atoms with E-state index in [9.17, 15) is 9.59 Å². The van der Waals surface area contributed by atoms with E-state index in [-0.39, 0.29) is 22.9 Å². The summed E-state index contributed by atoms with van der Waals surface area (Å²) in [4.78, 5) is 30.2. The lowest BCUT2D eigenvalue weighted by atomic mass is 9.76. The Morgan fingerprint density at radius 2 is 1.83 bits per heavy atom. The lowest BCUT2D eigenvalue weighted by Gasteiger charge is -2.27. The van der Waals surface area contributed by atoms with Crippen molar-refractivity contribution >= 4 is 11.7 Å². The Kier molecular flexibility index (Phi) is 4.82. The number of amides is 1. The van der Waals surface area contributed by atoms with Crippen molar-refractivity contribution in [2.45, 2.75) is 39.7 Å². The number of carbonyl (C=O) groups is 2. The number of furan rings is 1. The molecule has 0 spiro atoms. The molecule has 1 aliphatic carbocycles. The van der Waals surface area contributed by atoms with Gasteiger partial charge < -0.3 is 9.73 Å². The van der Waals surface area contributed by atoms with Crippen molar-refractivity contribution in [3.63, 3.8) is 0 Å². The Morgan fingerprint density at radius 3 is 2.52 bits per heavy atom. The molecule has 2 aromatic heterocycles. The lowest BCUT2D eigenvalue weighted by molar-refractivity contribution is 0.0885. The number of nitrogens with one attached hydrogen (secondary N) is 1. The second-order valence-electron chi connectivity index (χ2n) is 8.37. The summed E-state index contributed by atoms with van der Waals surface area (Å²) in [5.41, 5.74) is 2.68. The Bertz CT molecular complexity index is 1010. The van der Waals surface area contributed by atoms with Crippen LogP contribution in [0.3, 0.4) is 0 Å². The summed E-state index contributed by atoms with van der Waals surface area (Å²) in [5, 5.41) is 3.04. The zero-order valence-electron chi connectivity index (χ0n) is 16.9. The van der Waals surface area contributed by atoms with E-state index >= 15 is 0 Å². The maximum Gasteiger partial charge on any atom is 0.288 e. The van der Waals surface area contributed by atoms with Crippen LogP contribution in [0.4, 0.5) is 0 Å². The molecule has 1 amide bonds. The zero-order valence-corrected chi connectivity index (χ0v) is 16.9. The molecule has 2 heterocycles. The van der Waals surface area contributed by atoms with Gasteiger partial charge in [0.1, 0.15) is 5.76 Å². The maximum atomic E-state index is 13.2. The molecule has 0 saturated heterocycles. The van der Waals surface area contributed by atoms with Crippen LogP contribution in [-0.4, -0.2) is 16.7 Å². The molecule has 3 aromatic rings. The molecule has 1 N–H and O–H groups in total. The summed E-state index contributed by atoms with van der Waals surface area (Å²) in [6, 6.07) is 14.9. The molecular weight excluding hydrogens is 364 g/mol. The number of ketones is 1. The molecule has 5 heteroatoms. The van der Waals surface area contributed by atoms with Gasteiger partial charge in [-0.2, -0.15) is 0 Å². The fraction of sp³-hybridized carbons (Fsp3) is 0.292. The number of Topliss-reactive ketones (excluding diaryl/α,β-unsaturated/α-hetero) is 1. The molecule has 0 radical (unpaired) electrons. The first-order chi connectivity index (χ1) is 13.9. The lowest BCUT2D eigenvalue weighted by Crippen LogP contribution is -2.30. The van der Waals surface area contributed by atoms with Gasteiger partial charge in [0.25, 0.3) is 5.91 Å². The van der Waals surface area contributed by atoms with Crippen molar-refractivity contribution in [1.82, 2.24) is 10.3 Å². The molecule has 4 rings (SSSR count). The van der Waals surface area contributed by atoms with Gasteiger partial charge in [0.05, 0.1) is 17.3 Å². The minimum absolute atomic E-state index is 0.0425. The number of hydrogen-bond acceptors (Lipinski definition) is 4. The van der Waals surface area contributed by atoms with E-state index in [1.165, 1.54) is 0 Å². The van der Waals surface area contributed by atoms with Gasteiger partial charge in [-0.05, 0) is 30.0 Å². The average molecular weight is 388 g/mol. The molecule has 0 aliphatic heterocycles. The van der Waals surface area contributed by atoms with Gasteiger partial charge in [0.15, 0.2) is 11.5 Å². The van der Waals surface area contributed by atoms with Gasteiger partial charge >= 0.3 is 0 Å². The van der Waals surface area contributed by atoms with Crippen molar-refractivity contribution in [1.29, 1.82) is 0 Å². The molecule has 29 heavy (non-hydrogen) atoms. The largest absolute Gasteiger partial charge is 0.455 e. The predicted molar refractivity (Wildman–Crippen MR) is 110 cm³/mol. The molecule has 0 bridgehead atoms. The van der Waals surface area contributed by atoms with Gasteiger partial charge in [-0.3, -0.25) is 14.6 Å². The first-order valence-corrected chi connectivity index (χ1v) is 9.78. The number of carbonyl (C=O) groups excluding carboxylic acids is 2. The van der Waals surface area contributed by atoms with Gasteiger partial charge in [-0.25, -0.2) is 0 Å². The summed E-state index contributed by atoms with van der Waals surface area (Å²) in [5.74, 6) is 0.517. The monoisotopic (exact) mass is 388 g/mol. The number of pyridine rings is 1. The van der Waals surface area contributed by atoms with E-state index in [4.69, 9.17) is 4.42 Å². The van der Waals surface area contributed by atoms with E-state index in [1.807, 2.05) is 62.4 Å². The number of fused-ring (bicyclic) bond motifs is 1. The van der Waals surface area contributed by atoms with Crippen molar-refractivity contribution < 1.29 is 14.0 Å². The van der Waals surface area contributed by atoms with Crippen LogP contribution < -0.4 is 5.32 Å². The molecule has 1 unspecified atom stereocenters. The number of hydrogen-bond donors (Lipinski definition) is 1. The summed E-state index contributed by atoms with van der Waals surface area (Å²) >= 11 is 0. The van der Waals surface area contributed by atoms with Crippen LogP contribution >= 0.6 is 0 Å². The molecule has 0 saturated carbocycles. The standard InChI is InChI=1S/C24H24N2O3/c1-15-20-18(27)13-24(2,3)14-19(20)29-22(15)23(28)26-21(16-9-5-4-6-10-16)17-11-7-8-12-25-17/h4-12,21H,13-14H2,1-3H3,(H,26,28). The van der Waals surface area contributed by atoms with Crippen LogP contribution in [0, 0.1) is 12.3 Å². The Hall–Kier alpha value is -3.21. The summed E-state index contributed by atoms with van der Waals surface area (Å²) in [6.45, 7) is 5.86. The topological polar surface area (TPSA) is 72.2 Å². The van der Waals surface area contributed by atoms with Gasteiger partial charge in [0.2, 0.25) is 0 Å².